The number of nitrogens with zero attached hydrogens (tertiary/aromatic N) is 1. The molecule has 3 saturated carbocycles. The SMILES string of the molecule is CN(C)C1CC[C@H]2[C@@H]3CCC4=CC(=O)CC[C@]4(C)[C@H]3CC[C@]12C. The summed E-state index contributed by atoms with van der Waals surface area (Å²) in [6, 6.07) is 0.770. The lowest BCUT2D eigenvalue weighted by atomic mass is 9.47. The molecule has 3 fully saturated rings. The van der Waals surface area contributed by atoms with E-state index in [0.717, 1.165) is 36.6 Å². The lowest BCUT2D eigenvalue weighted by Gasteiger charge is -2.58. The summed E-state index contributed by atoms with van der Waals surface area (Å²) >= 11 is 0. The van der Waals surface area contributed by atoms with E-state index >= 15 is 0 Å². The van der Waals surface area contributed by atoms with Gasteiger partial charge in [0.1, 0.15) is 0 Å². The highest BCUT2D eigenvalue weighted by atomic mass is 16.1. The topological polar surface area (TPSA) is 20.3 Å². The van der Waals surface area contributed by atoms with E-state index < -0.39 is 0 Å². The van der Waals surface area contributed by atoms with Gasteiger partial charge < -0.3 is 4.90 Å². The summed E-state index contributed by atoms with van der Waals surface area (Å²) in [5.41, 5.74) is 2.35. The molecule has 1 unspecified atom stereocenters. The minimum atomic E-state index is 0.328. The average molecular weight is 316 g/mol. The zero-order valence-corrected chi connectivity index (χ0v) is 15.4. The van der Waals surface area contributed by atoms with Crippen molar-refractivity contribution >= 4 is 5.78 Å². The molecule has 0 saturated heterocycles. The summed E-state index contributed by atoms with van der Waals surface area (Å²) < 4.78 is 0. The second kappa shape index (κ2) is 5.18. The van der Waals surface area contributed by atoms with E-state index in [1.165, 1.54) is 44.1 Å². The zero-order valence-electron chi connectivity index (χ0n) is 15.4. The van der Waals surface area contributed by atoms with Gasteiger partial charge in [0.05, 0.1) is 0 Å². The Kier molecular flexibility index (Phi) is 3.58. The quantitative estimate of drug-likeness (QED) is 0.712. The van der Waals surface area contributed by atoms with Gasteiger partial charge in [-0.05, 0) is 93.7 Å². The molecule has 0 N–H and O–H groups in total. The van der Waals surface area contributed by atoms with Crippen LogP contribution in [0, 0.1) is 28.6 Å². The first-order chi connectivity index (χ1) is 10.9. The van der Waals surface area contributed by atoms with Gasteiger partial charge in [0.2, 0.25) is 0 Å². The first-order valence-corrected chi connectivity index (χ1v) is 9.76. The summed E-state index contributed by atoms with van der Waals surface area (Å²) in [6.45, 7) is 5.08. The summed E-state index contributed by atoms with van der Waals surface area (Å²) in [5.74, 6) is 3.01. The number of fused-ring (bicyclic) bond motifs is 5. The number of hydrogen-bond donors (Lipinski definition) is 0. The zero-order chi connectivity index (χ0) is 16.4. The lowest BCUT2D eigenvalue weighted by Crippen LogP contribution is -2.53. The highest BCUT2D eigenvalue weighted by Crippen LogP contribution is 2.65. The maximum atomic E-state index is 11.9. The lowest BCUT2D eigenvalue weighted by molar-refractivity contribution is -0.117. The predicted molar refractivity (Wildman–Crippen MR) is 94.2 cm³/mol. The molecule has 0 aliphatic heterocycles. The number of rotatable bonds is 1. The summed E-state index contributed by atoms with van der Waals surface area (Å²) in [4.78, 5) is 14.4. The van der Waals surface area contributed by atoms with E-state index in [4.69, 9.17) is 0 Å². The van der Waals surface area contributed by atoms with Gasteiger partial charge in [0, 0.05) is 12.5 Å². The molecule has 2 heteroatoms. The third kappa shape index (κ3) is 2.13. The summed E-state index contributed by atoms with van der Waals surface area (Å²) in [6.07, 6.45) is 12.0. The molecule has 6 atom stereocenters. The molecule has 0 spiro atoms. The molecule has 0 aromatic rings. The summed E-state index contributed by atoms with van der Waals surface area (Å²) in [5, 5.41) is 0. The van der Waals surface area contributed by atoms with E-state index in [2.05, 4.69) is 32.8 Å². The molecular weight excluding hydrogens is 282 g/mol. The van der Waals surface area contributed by atoms with Crippen LogP contribution in [0.1, 0.15) is 65.2 Å². The van der Waals surface area contributed by atoms with E-state index in [9.17, 15) is 4.79 Å². The molecule has 23 heavy (non-hydrogen) atoms. The Bertz CT molecular complexity index is 550. The predicted octanol–water partition coefficient (Wildman–Crippen LogP) is 4.45. The van der Waals surface area contributed by atoms with Crippen molar-refractivity contribution in [2.24, 2.45) is 28.6 Å². The monoisotopic (exact) mass is 315 g/mol. The molecule has 0 aromatic carbocycles. The fraction of sp³-hybridized carbons (Fsp3) is 0.857. The van der Waals surface area contributed by atoms with Crippen molar-refractivity contribution in [3.8, 4) is 0 Å². The van der Waals surface area contributed by atoms with Gasteiger partial charge in [0.15, 0.2) is 5.78 Å². The van der Waals surface area contributed by atoms with Gasteiger partial charge in [-0.3, -0.25) is 4.79 Å². The molecule has 0 radical (unpaired) electrons. The van der Waals surface area contributed by atoms with Gasteiger partial charge in [-0.15, -0.1) is 0 Å². The van der Waals surface area contributed by atoms with Crippen molar-refractivity contribution in [2.75, 3.05) is 14.1 Å². The standard InChI is InChI=1S/C21H33NO/c1-20-11-9-15(23)13-14(20)5-6-16-17-7-8-19(22(3)4)21(17,2)12-10-18(16)20/h13,16-19H,5-12H2,1-4H3/t16-,17-,18-,19?,20-,21-/m0/s1. The Labute approximate surface area is 141 Å². The molecule has 128 valence electrons. The molecule has 0 amide bonds. The number of allylic oxidation sites excluding steroid dienone is 1. The van der Waals surface area contributed by atoms with Crippen LogP contribution in [0.25, 0.3) is 0 Å². The number of carbonyl (C=O) groups is 1. The molecule has 4 rings (SSSR count). The van der Waals surface area contributed by atoms with Crippen LogP contribution < -0.4 is 0 Å². The number of ketones is 1. The minimum absolute atomic E-state index is 0.328. The van der Waals surface area contributed by atoms with Crippen molar-refractivity contribution in [3.63, 3.8) is 0 Å². The molecule has 4 aliphatic carbocycles. The van der Waals surface area contributed by atoms with Crippen LogP contribution in [0.15, 0.2) is 11.6 Å². The maximum Gasteiger partial charge on any atom is 0.155 e. The van der Waals surface area contributed by atoms with Crippen LogP contribution in [0.4, 0.5) is 0 Å². The first-order valence-electron chi connectivity index (χ1n) is 9.76. The van der Waals surface area contributed by atoms with Gasteiger partial charge in [0.25, 0.3) is 0 Å². The van der Waals surface area contributed by atoms with Crippen molar-refractivity contribution in [1.82, 2.24) is 4.90 Å². The van der Waals surface area contributed by atoms with Gasteiger partial charge >= 0.3 is 0 Å². The van der Waals surface area contributed by atoms with Crippen LogP contribution in [0.5, 0.6) is 0 Å². The minimum Gasteiger partial charge on any atom is -0.306 e. The molecule has 2 nitrogen and oxygen atoms in total. The van der Waals surface area contributed by atoms with Gasteiger partial charge in [-0.1, -0.05) is 19.4 Å². The average Bonchev–Trinajstić information content (AvgIpc) is 2.85. The normalized spacial score (nSPS) is 49.4. The van der Waals surface area contributed by atoms with E-state index in [1.807, 2.05) is 6.08 Å². The van der Waals surface area contributed by atoms with Crippen LogP contribution in [-0.4, -0.2) is 30.8 Å². The second-order valence-corrected chi connectivity index (χ2v) is 9.57. The van der Waals surface area contributed by atoms with Crippen LogP contribution in [0.3, 0.4) is 0 Å². The van der Waals surface area contributed by atoms with Crippen molar-refractivity contribution in [3.05, 3.63) is 11.6 Å². The number of carbonyl (C=O) groups excluding carboxylic acids is 1. The highest BCUT2D eigenvalue weighted by Gasteiger charge is 2.59. The van der Waals surface area contributed by atoms with E-state index in [0.29, 0.717) is 16.6 Å². The van der Waals surface area contributed by atoms with E-state index in [-0.39, 0.29) is 0 Å². The Morgan fingerprint density at radius 2 is 1.78 bits per heavy atom. The van der Waals surface area contributed by atoms with Crippen molar-refractivity contribution in [1.29, 1.82) is 0 Å². The highest BCUT2D eigenvalue weighted by molar-refractivity contribution is 5.91. The Morgan fingerprint density at radius 3 is 2.52 bits per heavy atom. The van der Waals surface area contributed by atoms with Crippen LogP contribution in [0.2, 0.25) is 0 Å². The molecule has 4 aliphatic rings. The van der Waals surface area contributed by atoms with Gasteiger partial charge in [-0.2, -0.15) is 0 Å². The molecular formula is C21H33NO. The van der Waals surface area contributed by atoms with Crippen molar-refractivity contribution < 1.29 is 4.79 Å². The van der Waals surface area contributed by atoms with Gasteiger partial charge in [-0.25, -0.2) is 0 Å². The Hall–Kier alpha value is -0.630. The Morgan fingerprint density at radius 1 is 1.00 bits per heavy atom. The molecule has 0 aromatic heterocycles. The largest absolute Gasteiger partial charge is 0.306 e. The van der Waals surface area contributed by atoms with Crippen LogP contribution >= 0.6 is 0 Å². The summed E-state index contributed by atoms with van der Waals surface area (Å²) in [7, 11) is 4.56. The smallest absolute Gasteiger partial charge is 0.155 e. The van der Waals surface area contributed by atoms with E-state index in [1.54, 1.807) is 0 Å². The second-order valence-electron chi connectivity index (χ2n) is 9.57. The third-order valence-corrected chi connectivity index (χ3v) is 8.54. The first kappa shape index (κ1) is 15.9. The maximum absolute atomic E-state index is 11.9. The fourth-order valence-corrected chi connectivity index (χ4v) is 7.38. The van der Waals surface area contributed by atoms with Crippen molar-refractivity contribution in [2.45, 2.75) is 71.3 Å². The van der Waals surface area contributed by atoms with Crippen LogP contribution in [-0.2, 0) is 4.79 Å². The number of hydrogen-bond acceptors (Lipinski definition) is 2. The molecule has 0 heterocycles. The fourth-order valence-electron chi connectivity index (χ4n) is 7.38. The Balaban J connectivity index is 1.66. The molecule has 0 bridgehead atoms. The third-order valence-electron chi connectivity index (χ3n) is 8.54.